The first-order valence-electron chi connectivity index (χ1n) is 7.23. The van der Waals surface area contributed by atoms with Crippen LogP contribution in [0.4, 0.5) is 0 Å². The van der Waals surface area contributed by atoms with Gasteiger partial charge in [-0.3, -0.25) is 4.90 Å². The molecule has 0 aromatic heterocycles. The molecule has 0 radical (unpaired) electrons. The fraction of sp³-hybridized carbons (Fsp3) is 1.00. The summed E-state index contributed by atoms with van der Waals surface area (Å²) >= 11 is 0. The van der Waals surface area contributed by atoms with Crippen LogP contribution in [0.25, 0.3) is 0 Å². The molecule has 1 N–H and O–H groups in total. The monoisotopic (exact) mass is 242 g/mol. The van der Waals surface area contributed by atoms with Gasteiger partial charge in [-0.1, -0.05) is 6.92 Å². The zero-order valence-corrected chi connectivity index (χ0v) is 12.0. The summed E-state index contributed by atoms with van der Waals surface area (Å²) in [6.07, 6.45) is 4.59. The predicted octanol–water partition coefficient (Wildman–Crippen LogP) is 2.26. The lowest BCUT2D eigenvalue weighted by Gasteiger charge is -2.35. The molecule has 0 aromatic carbocycles. The third-order valence-electron chi connectivity index (χ3n) is 3.35. The SMILES string of the molecule is CCCNC(C)CCCN1CC(C)OC(C)C1. The highest BCUT2D eigenvalue weighted by atomic mass is 16.5. The number of morpholine rings is 1. The van der Waals surface area contributed by atoms with Crippen LogP contribution in [0, 0.1) is 0 Å². The van der Waals surface area contributed by atoms with Gasteiger partial charge in [0, 0.05) is 19.1 Å². The normalized spacial score (nSPS) is 28.2. The quantitative estimate of drug-likeness (QED) is 0.741. The second-order valence-corrected chi connectivity index (χ2v) is 5.51. The molecule has 17 heavy (non-hydrogen) atoms. The molecule has 0 saturated carbocycles. The van der Waals surface area contributed by atoms with E-state index in [9.17, 15) is 0 Å². The molecule has 1 fully saturated rings. The van der Waals surface area contributed by atoms with Gasteiger partial charge in [0.25, 0.3) is 0 Å². The maximum absolute atomic E-state index is 5.74. The number of rotatable bonds is 7. The van der Waals surface area contributed by atoms with Crippen molar-refractivity contribution in [3.63, 3.8) is 0 Å². The molecule has 1 saturated heterocycles. The summed E-state index contributed by atoms with van der Waals surface area (Å²) in [5.41, 5.74) is 0. The molecule has 1 heterocycles. The summed E-state index contributed by atoms with van der Waals surface area (Å²) in [7, 11) is 0. The van der Waals surface area contributed by atoms with E-state index in [-0.39, 0.29) is 0 Å². The standard InChI is InChI=1S/C14H30N2O/c1-5-8-15-12(2)7-6-9-16-10-13(3)17-14(4)11-16/h12-15H,5-11H2,1-4H3. The van der Waals surface area contributed by atoms with Crippen molar-refractivity contribution >= 4 is 0 Å². The van der Waals surface area contributed by atoms with E-state index in [4.69, 9.17) is 4.74 Å². The van der Waals surface area contributed by atoms with Gasteiger partial charge in [0.15, 0.2) is 0 Å². The van der Waals surface area contributed by atoms with Crippen molar-refractivity contribution in [1.82, 2.24) is 10.2 Å². The number of ether oxygens (including phenoxy) is 1. The summed E-state index contributed by atoms with van der Waals surface area (Å²) in [4.78, 5) is 2.55. The van der Waals surface area contributed by atoms with Gasteiger partial charge in [-0.25, -0.2) is 0 Å². The zero-order chi connectivity index (χ0) is 12.7. The van der Waals surface area contributed by atoms with Crippen LogP contribution >= 0.6 is 0 Å². The highest BCUT2D eigenvalue weighted by Crippen LogP contribution is 2.11. The second-order valence-electron chi connectivity index (χ2n) is 5.51. The van der Waals surface area contributed by atoms with Gasteiger partial charge in [0.1, 0.15) is 0 Å². The summed E-state index contributed by atoms with van der Waals surface area (Å²) in [6.45, 7) is 13.4. The van der Waals surface area contributed by atoms with Crippen molar-refractivity contribution in [2.75, 3.05) is 26.2 Å². The van der Waals surface area contributed by atoms with Crippen LogP contribution in [0.1, 0.15) is 47.0 Å². The van der Waals surface area contributed by atoms with Crippen molar-refractivity contribution in [2.24, 2.45) is 0 Å². The Balaban J connectivity index is 2.09. The smallest absolute Gasteiger partial charge is 0.0678 e. The van der Waals surface area contributed by atoms with Gasteiger partial charge < -0.3 is 10.1 Å². The Hall–Kier alpha value is -0.120. The molecule has 102 valence electrons. The molecule has 1 aliphatic rings. The van der Waals surface area contributed by atoms with Crippen molar-refractivity contribution in [3.05, 3.63) is 0 Å². The molecule has 0 spiro atoms. The van der Waals surface area contributed by atoms with E-state index in [0.717, 1.165) is 19.6 Å². The highest BCUT2D eigenvalue weighted by Gasteiger charge is 2.21. The van der Waals surface area contributed by atoms with E-state index in [1.165, 1.54) is 25.8 Å². The summed E-state index contributed by atoms with van der Waals surface area (Å²) in [6, 6.07) is 0.658. The third-order valence-corrected chi connectivity index (χ3v) is 3.35. The van der Waals surface area contributed by atoms with Gasteiger partial charge in [0.05, 0.1) is 12.2 Å². The predicted molar refractivity (Wildman–Crippen MR) is 73.4 cm³/mol. The van der Waals surface area contributed by atoms with Crippen LogP contribution in [0.15, 0.2) is 0 Å². The Morgan fingerprint density at radius 1 is 1.29 bits per heavy atom. The first kappa shape index (κ1) is 14.9. The first-order valence-corrected chi connectivity index (χ1v) is 7.23. The molecule has 0 aromatic rings. The largest absolute Gasteiger partial charge is 0.373 e. The van der Waals surface area contributed by atoms with Gasteiger partial charge in [0.2, 0.25) is 0 Å². The van der Waals surface area contributed by atoms with E-state index in [0.29, 0.717) is 18.2 Å². The van der Waals surface area contributed by atoms with Gasteiger partial charge in [-0.15, -0.1) is 0 Å². The van der Waals surface area contributed by atoms with Crippen LogP contribution in [-0.2, 0) is 4.74 Å². The minimum Gasteiger partial charge on any atom is -0.373 e. The molecule has 3 heteroatoms. The van der Waals surface area contributed by atoms with Crippen molar-refractivity contribution in [2.45, 2.75) is 65.2 Å². The van der Waals surface area contributed by atoms with E-state index in [2.05, 4.69) is 37.9 Å². The number of nitrogens with one attached hydrogen (secondary N) is 1. The number of hydrogen-bond acceptors (Lipinski definition) is 3. The number of hydrogen-bond donors (Lipinski definition) is 1. The third kappa shape index (κ3) is 6.39. The van der Waals surface area contributed by atoms with Crippen LogP contribution in [0.5, 0.6) is 0 Å². The van der Waals surface area contributed by atoms with Crippen molar-refractivity contribution in [3.8, 4) is 0 Å². The van der Waals surface area contributed by atoms with E-state index in [1.807, 2.05) is 0 Å². The maximum atomic E-state index is 5.74. The molecule has 3 nitrogen and oxygen atoms in total. The molecular formula is C14H30N2O. The average Bonchev–Trinajstić information content (AvgIpc) is 2.25. The number of nitrogens with zero attached hydrogens (tertiary/aromatic N) is 1. The topological polar surface area (TPSA) is 24.5 Å². The fourth-order valence-electron chi connectivity index (χ4n) is 2.58. The Kier molecular flexibility index (Phi) is 7.09. The molecular weight excluding hydrogens is 212 g/mol. The lowest BCUT2D eigenvalue weighted by atomic mass is 10.1. The second kappa shape index (κ2) is 8.06. The van der Waals surface area contributed by atoms with Gasteiger partial charge in [-0.05, 0) is 53.1 Å². The Morgan fingerprint density at radius 3 is 2.53 bits per heavy atom. The average molecular weight is 242 g/mol. The lowest BCUT2D eigenvalue weighted by molar-refractivity contribution is -0.0682. The zero-order valence-electron chi connectivity index (χ0n) is 12.0. The van der Waals surface area contributed by atoms with Crippen molar-refractivity contribution in [1.29, 1.82) is 0 Å². The van der Waals surface area contributed by atoms with Crippen LogP contribution in [0.2, 0.25) is 0 Å². The summed E-state index contributed by atoms with van der Waals surface area (Å²) in [5.74, 6) is 0. The molecule has 0 aliphatic carbocycles. The molecule has 0 amide bonds. The lowest BCUT2D eigenvalue weighted by Crippen LogP contribution is -2.45. The van der Waals surface area contributed by atoms with Gasteiger partial charge in [-0.2, -0.15) is 0 Å². The van der Waals surface area contributed by atoms with Crippen molar-refractivity contribution < 1.29 is 4.74 Å². The van der Waals surface area contributed by atoms with E-state index >= 15 is 0 Å². The maximum Gasteiger partial charge on any atom is 0.0678 e. The molecule has 3 unspecified atom stereocenters. The Bertz CT molecular complexity index is 189. The summed E-state index contributed by atoms with van der Waals surface area (Å²) < 4.78 is 5.74. The first-order chi connectivity index (χ1) is 8.11. The molecule has 1 rings (SSSR count). The fourth-order valence-corrected chi connectivity index (χ4v) is 2.58. The van der Waals surface area contributed by atoms with Gasteiger partial charge >= 0.3 is 0 Å². The molecule has 1 aliphatic heterocycles. The minimum atomic E-state index is 0.398. The van der Waals surface area contributed by atoms with Crippen LogP contribution in [-0.4, -0.2) is 49.3 Å². The summed E-state index contributed by atoms with van der Waals surface area (Å²) in [5, 5.41) is 3.54. The van der Waals surface area contributed by atoms with Crippen LogP contribution < -0.4 is 5.32 Å². The Labute approximate surface area is 107 Å². The van der Waals surface area contributed by atoms with E-state index < -0.39 is 0 Å². The minimum absolute atomic E-state index is 0.398. The highest BCUT2D eigenvalue weighted by molar-refractivity contribution is 4.73. The van der Waals surface area contributed by atoms with E-state index in [1.54, 1.807) is 0 Å². The molecule has 3 atom stereocenters. The van der Waals surface area contributed by atoms with Crippen LogP contribution in [0.3, 0.4) is 0 Å². The molecule has 0 bridgehead atoms. The Morgan fingerprint density at radius 2 is 1.94 bits per heavy atom.